The summed E-state index contributed by atoms with van der Waals surface area (Å²) >= 11 is 1.63. The van der Waals surface area contributed by atoms with Crippen LogP contribution in [0.1, 0.15) is 21.8 Å². The summed E-state index contributed by atoms with van der Waals surface area (Å²) in [6.45, 7) is 0.369. The van der Waals surface area contributed by atoms with Crippen molar-refractivity contribution in [2.75, 3.05) is 7.11 Å². The number of rotatable bonds is 6. The quantitative estimate of drug-likeness (QED) is 0.677. The molecule has 0 aliphatic rings. The predicted octanol–water partition coefficient (Wildman–Crippen LogP) is 4.19. The Morgan fingerprint density at radius 1 is 1.12 bits per heavy atom. The molecule has 0 spiro atoms. The zero-order valence-corrected chi connectivity index (χ0v) is 14.0. The van der Waals surface area contributed by atoms with Crippen molar-refractivity contribution < 1.29 is 9.47 Å². The fourth-order valence-electron chi connectivity index (χ4n) is 2.27. The van der Waals surface area contributed by atoms with Gasteiger partial charge in [0.15, 0.2) is 11.5 Å². The van der Waals surface area contributed by atoms with E-state index in [-0.39, 0.29) is 0 Å². The number of hydrogen-bond donors (Lipinski definition) is 0. The van der Waals surface area contributed by atoms with Gasteiger partial charge in [0.05, 0.1) is 29.4 Å². The van der Waals surface area contributed by atoms with Crippen LogP contribution in [0.5, 0.6) is 11.5 Å². The van der Waals surface area contributed by atoms with E-state index in [2.05, 4.69) is 23.2 Å². The highest BCUT2D eigenvalue weighted by Gasteiger charge is 2.08. The first-order valence-electron chi connectivity index (χ1n) is 7.46. The van der Waals surface area contributed by atoms with Gasteiger partial charge in [0, 0.05) is 17.9 Å². The maximum Gasteiger partial charge on any atom is 0.162 e. The molecule has 0 aliphatic heterocycles. The van der Waals surface area contributed by atoms with Crippen LogP contribution in [0.25, 0.3) is 0 Å². The Balaban J connectivity index is 1.64. The van der Waals surface area contributed by atoms with Gasteiger partial charge >= 0.3 is 0 Å². The number of hydrogen-bond acceptors (Lipinski definition) is 5. The molecule has 120 valence electrons. The number of ether oxygens (including phenoxy) is 2. The van der Waals surface area contributed by atoms with Crippen LogP contribution in [0, 0.1) is 11.3 Å². The summed E-state index contributed by atoms with van der Waals surface area (Å²) in [7, 11) is 1.56. The topological polar surface area (TPSA) is 55.1 Å². The zero-order chi connectivity index (χ0) is 16.8. The molecule has 0 saturated carbocycles. The van der Waals surface area contributed by atoms with E-state index in [1.54, 1.807) is 36.6 Å². The second-order valence-corrected chi connectivity index (χ2v) is 6.10. The summed E-state index contributed by atoms with van der Waals surface area (Å²) in [5.41, 5.74) is 2.67. The number of thiazole rings is 1. The summed E-state index contributed by atoms with van der Waals surface area (Å²) < 4.78 is 11.1. The number of benzene rings is 2. The molecular formula is C19H16N2O2S. The van der Waals surface area contributed by atoms with Crippen molar-refractivity contribution in [3.05, 3.63) is 75.7 Å². The van der Waals surface area contributed by atoms with Crippen LogP contribution in [-0.2, 0) is 13.0 Å². The van der Waals surface area contributed by atoms with E-state index in [1.165, 1.54) is 5.56 Å². The van der Waals surface area contributed by atoms with E-state index in [4.69, 9.17) is 14.7 Å². The molecule has 0 unspecified atom stereocenters. The van der Waals surface area contributed by atoms with E-state index >= 15 is 0 Å². The summed E-state index contributed by atoms with van der Waals surface area (Å²) in [6, 6.07) is 17.5. The van der Waals surface area contributed by atoms with Gasteiger partial charge in [-0.25, -0.2) is 4.98 Å². The maximum absolute atomic E-state index is 8.93. The Hall–Kier alpha value is -2.84. The van der Waals surface area contributed by atoms with Gasteiger partial charge in [0.2, 0.25) is 0 Å². The van der Waals surface area contributed by atoms with E-state index < -0.39 is 0 Å². The molecular weight excluding hydrogens is 320 g/mol. The Kier molecular flexibility index (Phi) is 5.09. The third kappa shape index (κ3) is 3.92. The summed E-state index contributed by atoms with van der Waals surface area (Å²) in [5, 5.41) is 12.0. The lowest BCUT2D eigenvalue weighted by Crippen LogP contribution is -1.99. The minimum atomic E-state index is 0.369. The minimum Gasteiger partial charge on any atom is -0.493 e. The average Bonchev–Trinajstić information content (AvgIpc) is 3.08. The third-order valence-corrected chi connectivity index (χ3v) is 4.36. The van der Waals surface area contributed by atoms with Gasteiger partial charge in [-0.1, -0.05) is 30.3 Å². The molecule has 0 radical (unpaired) electrons. The van der Waals surface area contributed by atoms with Gasteiger partial charge in [0.25, 0.3) is 0 Å². The average molecular weight is 336 g/mol. The summed E-state index contributed by atoms with van der Waals surface area (Å²) in [5.74, 6) is 1.16. The van der Waals surface area contributed by atoms with Crippen LogP contribution < -0.4 is 9.47 Å². The van der Waals surface area contributed by atoms with Crippen molar-refractivity contribution in [3.8, 4) is 17.6 Å². The van der Waals surface area contributed by atoms with Crippen molar-refractivity contribution in [3.63, 3.8) is 0 Å². The number of nitrogens with zero attached hydrogens (tertiary/aromatic N) is 2. The summed E-state index contributed by atoms with van der Waals surface area (Å²) in [6.07, 6.45) is 0.825. The monoisotopic (exact) mass is 336 g/mol. The minimum absolute atomic E-state index is 0.369. The van der Waals surface area contributed by atoms with Gasteiger partial charge in [-0.05, 0) is 17.7 Å². The van der Waals surface area contributed by atoms with Crippen LogP contribution >= 0.6 is 11.3 Å². The molecule has 5 heteroatoms. The second-order valence-electron chi connectivity index (χ2n) is 5.16. The van der Waals surface area contributed by atoms with Gasteiger partial charge in [-0.3, -0.25) is 0 Å². The Labute approximate surface area is 144 Å². The summed E-state index contributed by atoms with van der Waals surface area (Å²) in [4.78, 5) is 4.61. The molecule has 0 amide bonds. The smallest absolute Gasteiger partial charge is 0.162 e. The van der Waals surface area contributed by atoms with Crippen molar-refractivity contribution in [2.24, 2.45) is 0 Å². The van der Waals surface area contributed by atoms with Crippen molar-refractivity contribution in [1.29, 1.82) is 5.26 Å². The normalized spacial score (nSPS) is 10.2. The van der Waals surface area contributed by atoms with Crippen LogP contribution in [0.2, 0.25) is 0 Å². The lowest BCUT2D eigenvalue weighted by Gasteiger charge is -2.09. The van der Waals surface area contributed by atoms with E-state index in [9.17, 15) is 0 Å². The van der Waals surface area contributed by atoms with Crippen LogP contribution in [0.15, 0.2) is 53.9 Å². The molecule has 0 saturated heterocycles. The lowest BCUT2D eigenvalue weighted by atomic mass is 10.2. The Morgan fingerprint density at radius 3 is 2.71 bits per heavy atom. The van der Waals surface area contributed by atoms with Gasteiger partial charge in [0.1, 0.15) is 6.61 Å². The molecule has 2 aromatic carbocycles. The maximum atomic E-state index is 8.93. The van der Waals surface area contributed by atoms with Crippen LogP contribution in [0.3, 0.4) is 0 Å². The molecule has 0 bridgehead atoms. The van der Waals surface area contributed by atoms with Gasteiger partial charge < -0.3 is 9.47 Å². The molecule has 0 N–H and O–H groups in total. The number of nitriles is 1. The Bertz CT molecular complexity index is 853. The molecule has 1 aromatic heterocycles. The van der Waals surface area contributed by atoms with Crippen molar-refractivity contribution in [2.45, 2.75) is 13.0 Å². The SMILES string of the molecule is COc1cc(C#N)ccc1OCc1csc(Cc2ccccc2)n1. The lowest BCUT2D eigenvalue weighted by molar-refractivity contribution is 0.281. The number of methoxy groups -OCH3 is 1. The molecule has 0 aliphatic carbocycles. The molecule has 1 heterocycles. The fraction of sp³-hybridized carbons (Fsp3) is 0.158. The molecule has 3 aromatic rings. The van der Waals surface area contributed by atoms with Crippen molar-refractivity contribution in [1.82, 2.24) is 4.98 Å². The first-order valence-corrected chi connectivity index (χ1v) is 8.34. The zero-order valence-electron chi connectivity index (χ0n) is 13.2. The third-order valence-electron chi connectivity index (χ3n) is 3.47. The molecule has 3 rings (SSSR count). The van der Waals surface area contributed by atoms with E-state index in [0.29, 0.717) is 23.7 Å². The fourth-order valence-corrected chi connectivity index (χ4v) is 3.09. The molecule has 24 heavy (non-hydrogen) atoms. The largest absolute Gasteiger partial charge is 0.493 e. The first kappa shape index (κ1) is 16.0. The first-order chi connectivity index (χ1) is 11.8. The van der Waals surface area contributed by atoms with Crippen molar-refractivity contribution >= 4 is 11.3 Å². The van der Waals surface area contributed by atoms with E-state index in [1.807, 2.05) is 23.6 Å². The highest BCUT2D eigenvalue weighted by atomic mass is 32.1. The van der Waals surface area contributed by atoms with Crippen LogP contribution in [-0.4, -0.2) is 12.1 Å². The van der Waals surface area contributed by atoms with Gasteiger partial charge in [-0.2, -0.15) is 5.26 Å². The standard InChI is InChI=1S/C19H16N2O2S/c1-22-18-9-15(11-20)7-8-17(18)23-12-16-13-24-19(21-16)10-14-5-3-2-4-6-14/h2-9,13H,10,12H2,1H3. The predicted molar refractivity (Wildman–Crippen MR) is 93.4 cm³/mol. The highest BCUT2D eigenvalue weighted by molar-refractivity contribution is 7.09. The van der Waals surface area contributed by atoms with E-state index in [0.717, 1.165) is 17.1 Å². The second kappa shape index (κ2) is 7.62. The highest BCUT2D eigenvalue weighted by Crippen LogP contribution is 2.28. The number of aromatic nitrogens is 1. The molecule has 0 fully saturated rings. The van der Waals surface area contributed by atoms with Gasteiger partial charge in [-0.15, -0.1) is 11.3 Å². The molecule has 0 atom stereocenters. The van der Waals surface area contributed by atoms with Crippen LogP contribution in [0.4, 0.5) is 0 Å². The Morgan fingerprint density at radius 2 is 1.96 bits per heavy atom. The molecule has 4 nitrogen and oxygen atoms in total.